The molecule has 1 amide bonds. The van der Waals surface area contributed by atoms with Crippen LogP contribution in [0.15, 0.2) is 49.3 Å². The van der Waals surface area contributed by atoms with E-state index in [1.165, 1.54) is 53.5 Å². The van der Waals surface area contributed by atoms with Gasteiger partial charge in [-0.05, 0) is 157 Å². The van der Waals surface area contributed by atoms with Crippen molar-refractivity contribution in [1.29, 1.82) is 0 Å². The molecule has 2 saturated carbocycles. The van der Waals surface area contributed by atoms with Gasteiger partial charge in [-0.2, -0.15) is 9.97 Å². The third-order valence-electron chi connectivity index (χ3n) is 13.4. The Labute approximate surface area is 392 Å². The van der Waals surface area contributed by atoms with Crippen LogP contribution in [0.2, 0.25) is 5.28 Å². The summed E-state index contributed by atoms with van der Waals surface area (Å²) < 4.78 is 59.4. The summed E-state index contributed by atoms with van der Waals surface area (Å²) >= 11 is 5.69. The Balaban J connectivity index is 0.000000133. The summed E-state index contributed by atoms with van der Waals surface area (Å²) in [7, 11) is 0. The van der Waals surface area contributed by atoms with Gasteiger partial charge in [-0.25, -0.2) is 36.9 Å². The van der Waals surface area contributed by atoms with Crippen molar-refractivity contribution in [1.82, 2.24) is 70.2 Å². The maximum Gasteiger partial charge on any atom is 0.229 e. The molecule has 4 aliphatic heterocycles. The fourth-order valence-electron chi connectivity index (χ4n) is 9.75. The maximum atomic E-state index is 15.0. The Morgan fingerprint density at radius 2 is 1.28 bits per heavy atom. The van der Waals surface area contributed by atoms with Crippen LogP contribution in [-0.2, 0) is 4.79 Å². The van der Waals surface area contributed by atoms with E-state index in [0.717, 1.165) is 100 Å². The van der Waals surface area contributed by atoms with Gasteiger partial charge in [0.1, 0.15) is 24.3 Å². The van der Waals surface area contributed by atoms with Gasteiger partial charge < -0.3 is 31.5 Å². The number of tetrazole rings is 2. The lowest BCUT2D eigenvalue weighted by Crippen LogP contribution is -2.46. The topological polar surface area (TPSA) is 224 Å². The largest absolute Gasteiger partial charge is 0.396 e. The lowest BCUT2D eigenvalue weighted by Gasteiger charge is -2.35. The minimum atomic E-state index is -0.634. The number of halogens is 5. The predicted molar refractivity (Wildman–Crippen MR) is 241 cm³/mol. The zero-order valence-electron chi connectivity index (χ0n) is 36.8. The number of benzene rings is 2. The molecule has 4 unspecified atom stereocenters. The predicted octanol–water partition coefficient (Wildman–Crippen LogP) is 6.49. The molecule has 5 N–H and O–H groups in total. The van der Waals surface area contributed by atoms with Crippen molar-refractivity contribution >= 4 is 46.5 Å². The highest BCUT2D eigenvalue weighted by Crippen LogP contribution is 2.45. The fourth-order valence-corrected chi connectivity index (χ4v) is 9.88. The van der Waals surface area contributed by atoms with Crippen LogP contribution in [0.3, 0.4) is 0 Å². The Kier molecular flexibility index (Phi) is 13.0. The average Bonchev–Trinajstić information content (AvgIpc) is 4.01. The summed E-state index contributed by atoms with van der Waals surface area (Å²) in [5.41, 5.74) is 9.01. The van der Waals surface area contributed by atoms with Crippen LogP contribution in [0.5, 0.6) is 0 Å². The standard InChI is InChI=1S/C22H23F2N9O.C12H16ClFN4.C10H10FN5/c23-16-8-15(12-3-4-12)19(33-11-26-30-31-33)9-18(16)28-22-25-10-17(24)21(29-22)27-13-6-14-2-1-5-32(14)20(34)7-13;13-12-15-7-10(14)11(17-12)16-8-3-5-18-4-1-2-9(18)6-8;11-8-3-7(6-1-2-6)10(4-9(8)12)16-5-13-14-15-16/h8-14H,1-7H2,(H2,25,27,28,29);7-9H,1-6H2,(H,15,16,17);3-6H,1-2,12H2. The first kappa shape index (κ1) is 45.2. The van der Waals surface area contributed by atoms with E-state index in [1.807, 2.05) is 4.90 Å². The number of hydrogen-bond acceptors (Lipinski definition) is 16. The second-order valence-electron chi connectivity index (χ2n) is 18.1. The molecule has 0 radical (unpaired) electrons. The molecule has 68 heavy (non-hydrogen) atoms. The number of rotatable bonds is 10. The number of carbonyl (C=O) groups excluding carboxylic acids is 1. The molecule has 12 rings (SSSR count). The molecule has 0 bridgehead atoms. The van der Waals surface area contributed by atoms with Crippen molar-refractivity contribution in [3.63, 3.8) is 0 Å². The number of nitrogen functional groups attached to an aromatic ring is 1. The van der Waals surface area contributed by atoms with E-state index in [1.54, 1.807) is 12.1 Å². The molecule has 19 nitrogen and oxygen atoms in total. The number of nitrogens with zero attached hydrogens (tertiary/aromatic N) is 14. The molecular weight excluding hydrogens is 908 g/mol. The van der Waals surface area contributed by atoms with E-state index in [-0.39, 0.29) is 76.4 Å². The van der Waals surface area contributed by atoms with E-state index in [9.17, 15) is 22.4 Å². The molecule has 2 aliphatic carbocycles. The number of amides is 1. The van der Waals surface area contributed by atoms with Crippen molar-refractivity contribution in [3.8, 4) is 11.4 Å². The van der Waals surface area contributed by atoms with E-state index in [0.29, 0.717) is 17.6 Å². The van der Waals surface area contributed by atoms with Crippen molar-refractivity contribution in [2.75, 3.05) is 41.3 Å². The Hall–Kier alpha value is -6.62. The molecule has 8 heterocycles. The van der Waals surface area contributed by atoms with Gasteiger partial charge in [-0.15, -0.1) is 10.2 Å². The number of hydrogen-bond donors (Lipinski definition) is 4. The molecule has 6 aromatic rings. The first-order valence-corrected chi connectivity index (χ1v) is 23.3. The maximum absolute atomic E-state index is 15.0. The van der Waals surface area contributed by atoms with Gasteiger partial charge in [0.05, 0.1) is 35.1 Å². The molecule has 24 heteroatoms. The number of fused-ring (bicyclic) bond motifs is 2. The zero-order chi connectivity index (χ0) is 46.9. The molecular formula is C44H49ClF4N18O. The Bertz CT molecular complexity index is 2740. The van der Waals surface area contributed by atoms with Gasteiger partial charge in [-0.1, -0.05) is 0 Å². The van der Waals surface area contributed by atoms with Gasteiger partial charge in [0.25, 0.3) is 0 Å². The van der Waals surface area contributed by atoms with Crippen molar-refractivity contribution < 1.29 is 22.4 Å². The van der Waals surface area contributed by atoms with E-state index in [4.69, 9.17) is 17.3 Å². The molecule has 2 aromatic carbocycles. The minimum Gasteiger partial charge on any atom is -0.396 e. The summed E-state index contributed by atoms with van der Waals surface area (Å²) in [5.74, 6) is -0.910. The van der Waals surface area contributed by atoms with E-state index in [2.05, 4.69) is 71.8 Å². The second kappa shape index (κ2) is 19.5. The quantitative estimate of drug-likeness (QED) is 0.0655. The highest BCUT2D eigenvalue weighted by atomic mass is 35.5. The summed E-state index contributed by atoms with van der Waals surface area (Å²) in [6.07, 6.45) is 16.8. The first-order valence-electron chi connectivity index (χ1n) is 23.0. The SMILES string of the molecule is Fc1cnc(Cl)nc1NC1CCN2CCCC2C1.Nc1cc(-n2cnnn2)c(C2CC2)cc1F.O=C1CC(Nc2nc(Nc3cc(-n4cnnn4)c(C4CC4)cc3F)ncc2F)CC2CCCN12. The monoisotopic (exact) mass is 956 g/mol. The number of piperidine rings is 2. The molecule has 4 atom stereocenters. The van der Waals surface area contributed by atoms with E-state index < -0.39 is 17.5 Å². The van der Waals surface area contributed by atoms with E-state index >= 15 is 0 Å². The van der Waals surface area contributed by atoms with Gasteiger partial charge in [0.15, 0.2) is 23.3 Å². The van der Waals surface area contributed by atoms with Crippen LogP contribution in [-0.4, -0.2) is 120 Å². The fraction of sp³-hybridized carbons (Fsp3) is 0.477. The summed E-state index contributed by atoms with van der Waals surface area (Å²) in [5, 5.41) is 31.4. The lowest BCUT2D eigenvalue weighted by atomic mass is 9.97. The zero-order valence-corrected chi connectivity index (χ0v) is 37.6. The van der Waals surface area contributed by atoms with Gasteiger partial charge >= 0.3 is 0 Å². The highest BCUT2D eigenvalue weighted by Gasteiger charge is 2.37. The normalized spacial score (nSPS) is 22.1. The van der Waals surface area contributed by atoms with Gasteiger partial charge in [-0.3, -0.25) is 4.79 Å². The van der Waals surface area contributed by atoms with Crippen LogP contribution in [0.1, 0.15) is 100 Å². The summed E-state index contributed by atoms with van der Waals surface area (Å²) in [6.45, 7) is 3.09. The molecule has 6 aliphatic rings. The van der Waals surface area contributed by atoms with Gasteiger partial charge in [0.2, 0.25) is 17.1 Å². The van der Waals surface area contributed by atoms with Crippen molar-refractivity contribution in [3.05, 3.63) is 89.0 Å². The second-order valence-corrected chi connectivity index (χ2v) is 18.4. The number of nitrogens with two attached hydrogens (primary N) is 1. The molecule has 0 spiro atoms. The van der Waals surface area contributed by atoms with Crippen LogP contribution in [0.25, 0.3) is 11.4 Å². The lowest BCUT2D eigenvalue weighted by molar-refractivity contribution is -0.134. The van der Waals surface area contributed by atoms with Crippen LogP contribution in [0.4, 0.5) is 46.5 Å². The Morgan fingerprint density at radius 1 is 0.662 bits per heavy atom. The molecule has 4 saturated heterocycles. The molecule has 356 valence electrons. The molecule has 4 aromatic heterocycles. The number of carbonyl (C=O) groups is 1. The number of nitrogens with one attached hydrogen (secondary N) is 3. The first-order chi connectivity index (χ1) is 33.0. The van der Waals surface area contributed by atoms with Crippen LogP contribution >= 0.6 is 11.6 Å². The smallest absolute Gasteiger partial charge is 0.229 e. The Morgan fingerprint density at radius 3 is 1.97 bits per heavy atom. The average molecular weight is 957 g/mol. The third-order valence-corrected chi connectivity index (χ3v) is 13.6. The summed E-state index contributed by atoms with van der Waals surface area (Å²) in [4.78, 5) is 32.6. The van der Waals surface area contributed by atoms with Crippen molar-refractivity contribution in [2.24, 2.45) is 0 Å². The third kappa shape index (κ3) is 10.3. The molecule has 6 fully saturated rings. The van der Waals surface area contributed by atoms with Crippen LogP contribution < -0.4 is 21.7 Å². The highest BCUT2D eigenvalue weighted by molar-refractivity contribution is 6.28. The van der Waals surface area contributed by atoms with Gasteiger partial charge in [0, 0.05) is 43.7 Å². The minimum absolute atomic E-state index is 0.0162. The van der Waals surface area contributed by atoms with Crippen molar-refractivity contribution in [2.45, 2.75) is 113 Å². The number of aromatic nitrogens is 12. The number of anilines is 5. The summed E-state index contributed by atoms with van der Waals surface area (Å²) in [6, 6.07) is 7.05. The van der Waals surface area contributed by atoms with Crippen LogP contribution in [0, 0.1) is 23.3 Å².